The third-order valence-electron chi connectivity index (χ3n) is 3.27. The summed E-state index contributed by atoms with van der Waals surface area (Å²) in [5, 5.41) is 2.88. The summed E-state index contributed by atoms with van der Waals surface area (Å²) < 4.78 is 10.6. The fraction of sp³-hybridized carbons (Fsp3) is 0.500. The first-order valence-corrected chi connectivity index (χ1v) is 6.54. The molecule has 0 bridgehead atoms. The van der Waals surface area contributed by atoms with Crippen LogP contribution in [0, 0.1) is 0 Å². The molecular formula is C14H20N2O3. The van der Waals surface area contributed by atoms with Gasteiger partial charge in [-0.15, -0.1) is 0 Å². The minimum atomic E-state index is -0.118. The number of nitrogen functional groups attached to an aromatic ring is 1. The molecule has 0 aromatic heterocycles. The van der Waals surface area contributed by atoms with Crippen LogP contribution in [0.15, 0.2) is 18.2 Å². The van der Waals surface area contributed by atoms with E-state index in [1.54, 1.807) is 25.3 Å². The fourth-order valence-corrected chi connectivity index (χ4v) is 2.20. The van der Waals surface area contributed by atoms with Gasteiger partial charge in [-0.1, -0.05) is 0 Å². The number of ether oxygens (including phenoxy) is 2. The number of amides is 1. The van der Waals surface area contributed by atoms with Gasteiger partial charge in [-0.25, -0.2) is 0 Å². The molecule has 0 spiro atoms. The van der Waals surface area contributed by atoms with Crippen LogP contribution in [-0.4, -0.2) is 32.3 Å². The lowest BCUT2D eigenvalue weighted by molar-refractivity contribution is 0.0907. The lowest BCUT2D eigenvalue weighted by Gasteiger charge is -2.11. The second-order valence-electron chi connectivity index (χ2n) is 4.64. The van der Waals surface area contributed by atoms with Gasteiger partial charge < -0.3 is 20.5 Å². The monoisotopic (exact) mass is 264 g/mol. The van der Waals surface area contributed by atoms with Crippen molar-refractivity contribution in [1.82, 2.24) is 5.32 Å². The van der Waals surface area contributed by atoms with E-state index < -0.39 is 0 Å². The maximum absolute atomic E-state index is 11.9. The predicted molar refractivity (Wildman–Crippen MR) is 73.3 cm³/mol. The van der Waals surface area contributed by atoms with Gasteiger partial charge in [0.15, 0.2) is 0 Å². The van der Waals surface area contributed by atoms with Crippen LogP contribution >= 0.6 is 0 Å². The van der Waals surface area contributed by atoms with Crippen LogP contribution in [0.2, 0.25) is 0 Å². The van der Waals surface area contributed by atoms with Gasteiger partial charge in [-0.2, -0.15) is 0 Å². The van der Waals surface area contributed by atoms with Crippen molar-refractivity contribution in [2.24, 2.45) is 0 Å². The molecule has 1 saturated heterocycles. The van der Waals surface area contributed by atoms with E-state index in [4.69, 9.17) is 15.2 Å². The molecule has 0 radical (unpaired) electrons. The number of hydrogen-bond donors (Lipinski definition) is 2. The van der Waals surface area contributed by atoms with E-state index in [1.165, 1.54) is 0 Å². The molecule has 1 aromatic carbocycles. The molecule has 1 atom stereocenters. The summed E-state index contributed by atoms with van der Waals surface area (Å²) in [7, 11) is 1.55. The first-order chi connectivity index (χ1) is 9.20. The van der Waals surface area contributed by atoms with Crippen LogP contribution in [-0.2, 0) is 4.74 Å². The van der Waals surface area contributed by atoms with Crippen LogP contribution in [0.3, 0.4) is 0 Å². The molecule has 1 aliphatic rings. The highest BCUT2D eigenvalue weighted by molar-refractivity contribution is 5.95. The smallest absolute Gasteiger partial charge is 0.251 e. The maximum Gasteiger partial charge on any atom is 0.251 e. The summed E-state index contributed by atoms with van der Waals surface area (Å²) in [6.45, 7) is 1.46. The van der Waals surface area contributed by atoms with E-state index in [2.05, 4.69) is 5.32 Å². The highest BCUT2D eigenvalue weighted by atomic mass is 16.5. The topological polar surface area (TPSA) is 73.6 Å². The molecule has 104 valence electrons. The molecule has 0 saturated carbocycles. The van der Waals surface area contributed by atoms with E-state index in [0.717, 1.165) is 25.9 Å². The molecule has 2 rings (SSSR count). The van der Waals surface area contributed by atoms with Crippen molar-refractivity contribution in [3.05, 3.63) is 23.8 Å². The zero-order valence-corrected chi connectivity index (χ0v) is 11.1. The first kappa shape index (κ1) is 13.7. The Bertz CT molecular complexity index is 442. The minimum absolute atomic E-state index is 0.118. The standard InChI is InChI=1S/C14H20N2O3/c1-18-13-5-4-10(9-12(13)15)14(17)16-7-6-11-3-2-8-19-11/h4-5,9,11H,2-3,6-8,15H2,1H3,(H,16,17). The second-order valence-corrected chi connectivity index (χ2v) is 4.64. The lowest BCUT2D eigenvalue weighted by Crippen LogP contribution is -2.27. The number of nitrogens with two attached hydrogens (primary N) is 1. The van der Waals surface area contributed by atoms with Crippen molar-refractivity contribution in [1.29, 1.82) is 0 Å². The molecule has 1 fully saturated rings. The maximum atomic E-state index is 11.9. The van der Waals surface area contributed by atoms with Gasteiger partial charge in [0.1, 0.15) is 5.75 Å². The average Bonchev–Trinajstić information content (AvgIpc) is 2.91. The average molecular weight is 264 g/mol. The van der Waals surface area contributed by atoms with Crippen molar-refractivity contribution < 1.29 is 14.3 Å². The van der Waals surface area contributed by atoms with Crippen molar-refractivity contribution in [3.8, 4) is 5.75 Å². The summed E-state index contributed by atoms with van der Waals surface area (Å²) >= 11 is 0. The van der Waals surface area contributed by atoms with E-state index in [9.17, 15) is 4.79 Å². The Morgan fingerprint density at radius 1 is 1.58 bits per heavy atom. The van der Waals surface area contributed by atoms with Gasteiger partial charge in [-0.05, 0) is 37.5 Å². The largest absolute Gasteiger partial charge is 0.495 e. The molecule has 1 heterocycles. The second kappa shape index (κ2) is 6.43. The Hall–Kier alpha value is -1.75. The van der Waals surface area contributed by atoms with Gasteiger partial charge in [-0.3, -0.25) is 4.79 Å². The minimum Gasteiger partial charge on any atom is -0.495 e. The third-order valence-corrected chi connectivity index (χ3v) is 3.27. The van der Waals surface area contributed by atoms with Crippen LogP contribution in [0.5, 0.6) is 5.75 Å². The van der Waals surface area contributed by atoms with Crippen molar-refractivity contribution >= 4 is 11.6 Å². The summed E-state index contributed by atoms with van der Waals surface area (Å²) in [5.41, 5.74) is 6.79. The van der Waals surface area contributed by atoms with Gasteiger partial charge >= 0.3 is 0 Å². The van der Waals surface area contributed by atoms with E-state index in [-0.39, 0.29) is 5.91 Å². The Morgan fingerprint density at radius 2 is 2.42 bits per heavy atom. The van der Waals surface area contributed by atoms with E-state index in [1.807, 2.05) is 0 Å². The zero-order chi connectivity index (χ0) is 13.7. The zero-order valence-electron chi connectivity index (χ0n) is 11.1. The molecule has 0 aliphatic carbocycles. The molecule has 1 aliphatic heterocycles. The quantitative estimate of drug-likeness (QED) is 0.792. The van der Waals surface area contributed by atoms with Crippen molar-refractivity contribution in [3.63, 3.8) is 0 Å². The predicted octanol–water partition coefficient (Wildman–Crippen LogP) is 1.58. The van der Waals surface area contributed by atoms with Gasteiger partial charge in [0.2, 0.25) is 0 Å². The first-order valence-electron chi connectivity index (χ1n) is 6.54. The Labute approximate surface area is 113 Å². The Kier molecular flexibility index (Phi) is 4.63. The third kappa shape index (κ3) is 3.61. The Morgan fingerprint density at radius 3 is 3.05 bits per heavy atom. The number of rotatable bonds is 5. The molecule has 5 nitrogen and oxygen atoms in total. The number of hydrogen-bond acceptors (Lipinski definition) is 4. The van der Waals surface area contributed by atoms with Crippen LogP contribution in [0.1, 0.15) is 29.6 Å². The van der Waals surface area contributed by atoms with Crippen LogP contribution in [0.4, 0.5) is 5.69 Å². The van der Waals surface area contributed by atoms with Crippen LogP contribution in [0.25, 0.3) is 0 Å². The highest BCUT2D eigenvalue weighted by Gasteiger charge is 2.15. The van der Waals surface area contributed by atoms with E-state index in [0.29, 0.717) is 29.6 Å². The summed E-state index contributed by atoms with van der Waals surface area (Å²) in [6.07, 6.45) is 3.36. The summed E-state index contributed by atoms with van der Waals surface area (Å²) in [4.78, 5) is 11.9. The molecule has 5 heteroatoms. The summed E-state index contributed by atoms with van der Waals surface area (Å²) in [5.74, 6) is 0.461. The number of anilines is 1. The molecule has 1 aromatic rings. The fourth-order valence-electron chi connectivity index (χ4n) is 2.20. The number of methoxy groups -OCH3 is 1. The summed E-state index contributed by atoms with van der Waals surface area (Å²) in [6, 6.07) is 5.03. The van der Waals surface area contributed by atoms with Crippen LogP contribution < -0.4 is 15.8 Å². The van der Waals surface area contributed by atoms with Gasteiger partial charge in [0.25, 0.3) is 5.91 Å². The molecular weight excluding hydrogens is 244 g/mol. The Balaban J connectivity index is 1.83. The number of carbonyl (C=O) groups is 1. The number of carbonyl (C=O) groups excluding carboxylic acids is 1. The van der Waals surface area contributed by atoms with Crippen molar-refractivity contribution in [2.45, 2.75) is 25.4 Å². The molecule has 1 amide bonds. The highest BCUT2D eigenvalue weighted by Crippen LogP contribution is 2.21. The number of benzene rings is 1. The molecule has 1 unspecified atom stereocenters. The van der Waals surface area contributed by atoms with Gasteiger partial charge in [0.05, 0.1) is 18.9 Å². The number of nitrogens with one attached hydrogen (secondary N) is 1. The van der Waals surface area contributed by atoms with E-state index >= 15 is 0 Å². The lowest BCUT2D eigenvalue weighted by atomic mass is 10.1. The molecule has 3 N–H and O–H groups in total. The molecule has 19 heavy (non-hydrogen) atoms. The van der Waals surface area contributed by atoms with Gasteiger partial charge in [0, 0.05) is 18.7 Å². The normalized spacial score (nSPS) is 18.3. The SMILES string of the molecule is COc1ccc(C(=O)NCCC2CCCO2)cc1N. The van der Waals surface area contributed by atoms with Crippen molar-refractivity contribution in [2.75, 3.05) is 26.0 Å².